The number of ketones is 1. The highest BCUT2D eigenvalue weighted by Crippen LogP contribution is 2.40. The number of hydrogen-bond acceptors (Lipinski definition) is 9. The van der Waals surface area contributed by atoms with Crippen LogP contribution < -0.4 is 10.6 Å². The van der Waals surface area contributed by atoms with Gasteiger partial charge < -0.3 is 20.5 Å². The molecule has 30 heavy (non-hydrogen) atoms. The summed E-state index contributed by atoms with van der Waals surface area (Å²) in [6.45, 7) is 0.980. The van der Waals surface area contributed by atoms with Crippen LogP contribution in [0.3, 0.4) is 0 Å². The van der Waals surface area contributed by atoms with Gasteiger partial charge in [-0.3, -0.25) is 29.1 Å². The van der Waals surface area contributed by atoms with Gasteiger partial charge >= 0.3 is 11.9 Å². The summed E-state index contributed by atoms with van der Waals surface area (Å²) in [6.07, 6.45) is -0.395. The van der Waals surface area contributed by atoms with Crippen LogP contribution >= 0.6 is 23.5 Å². The van der Waals surface area contributed by atoms with Crippen molar-refractivity contribution in [3.8, 4) is 0 Å². The Morgan fingerprint density at radius 3 is 2.63 bits per heavy atom. The highest BCUT2D eigenvalue weighted by Gasteiger charge is 2.54. The summed E-state index contributed by atoms with van der Waals surface area (Å²) in [5.41, 5.74) is 0.0728. The number of carbonyl (C=O) groups is 5. The summed E-state index contributed by atoms with van der Waals surface area (Å²) in [5.74, 6) is -3.12. The number of hydrogen-bond donors (Lipinski definition) is 3. The molecule has 2 atom stereocenters. The van der Waals surface area contributed by atoms with Crippen LogP contribution in [0, 0.1) is 0 Å². The molecular formula is C17H22N4O7S2. The van der Waals surface area contributed by atoms with Crippen molar-refractivity contribution in [3.63, 3.8) is 0 Å². The first kappa shape index (κ1) is 23.7. The van der Waals surface area contributed by atoms with Crippen LogP contribution in [-0.2, 0) is 28.7 Å². The lowest BCUT2D eigenvalue weighted by atomic mass is 10.0. The van der Waals surface area contributed by atoms with Crippen LogP contribution in [0.4, 0.5) is 0 Å². The number of amidine groups is 1. The third-order valence-corrected chi connectivity index (χ3v) is 6.63. The number of carbonyl (C=O) groups excluding carboxylic acids is 4. The van der Waals surface area contributed by atoms with Crippen LogP contribution in [0.25, 0.3) is 0 Å². The standard InChI is InChI=1S/C17H22N4O7S2/c1-8(22)28-5-9-6-29-15-12(14(25)21(15)13(9)16(26)27)20-11(24)4-10(23)7-30-17(18-2)19-3/h12,15H,4-7H2,1-3H3,(H,18,19)(H,20,24)(H,26,27)/t12?,15-/m0/s1. The third kappa shape index (κ3) is 5.53. The summed E-state index contributed by atoms with van der Waals surface area (Å²) in [5, 5.41) is 14.8. The van der Waals surface area contributed by atoms with Gasteiger partial charge in [-0.15, -0.1) is 11.8 Å². The van der Waals surface area contributed by atoms with Gasteiger partial charge in [0.05, 0.1) is 12.2 Å². The lowest BCUT2D eigenvalue weighted by Crippen LogP contribution is -2.70. The van der Waals surface area contributed by atoms with Gasteiger partial charge in [-0.1, -0.05) is 11.8 Å². The molecule has 2 aliphatic rings. The molecule has 2 aliphatic heterocycles. The molecule has 0 aliphatic carbocycles. The Balaban J connectivity index is 1.96. The molecule has 0 aromatic rings. The molecule has 0 spiro atoms. The second-order valence-corrected chi connectivity index (χ2v) is 8.34. The van der Waals surface area contributed by atoms with Crippen molar-refractivity contribution in [3.05, 3.63) is 11.3 Å². The maximum absolute atomic E-state index is 12.5. The van der Waals surface area contributed by atoms with Crippen LogP contribution in [-0.4, -0.2) is 88.3 Å². The number of fused-ring (bicyclic) bond motifs is 1. The van der Waals surface area contributed by atoms with Crippen molar-refractivity contribution in [1.82, 2.24) is 15.5 Å². The minimum absolute atomic E-state index is 0.0509. The fourth-order valence-corrected chi connectivity index (χ4v) is 4.84. The van der Waals surface area contributed by atoms with E-state index in [1.165, 1.54) is 18.7 Å². The van der Waals surface area contributed by atoms with Gasteiger partial charge in [0.1, 0.15) is 23.7 Å². The first-order chi connectivity index (χ1) is 14.2. The second kappa shape index (κ2) is 10.5. The van der Waals surface area contributed by atoms with Crippen molar-refractivity contribution >= 4 is 58.2 Å². The van der Waals surface area contributed by atoms with Gasteiger partial charge in [-0.25, -0.2) is 4.79 Å². The van der Waals surface area contributed by atoms with Crippen molar-refractivity contribution in [2.45, 2.75) is 24.8 Å². The van der Waals surface area contributed by atoms with Crippen molar-refractivity contribution < 1.29 is 33.8 Å². The minimum Gasteiger partial charge on any atom is -0.477 e. The Bertz CT molecular complexity index is 827. The Kier molecular flexibility index (Phi) is 8.29. The van der Waals surface area contributed by atoms with Gasteiger partial charge in [0.2, 0.25) is 5.91 Å². The van der Waals surface area contributed by atoms with Gasteiger partial charge in [-0.05, 0) is 0 Å². The van der Waals surface area contributed by atoms with Crippen LogP contribution in [0.5, 0.6) is 0 Å². The Morgan fingerprint density at radius 1 is 1.37 bits per heavy atom. The molecule has 11 nitrogen and oxygen atoms in total. The van der Waals surface area contributed by atoms with Gasteiger partial charge in [0.15, 0.2) is 11.0 Å². The summed E-state index contributed by atoms with van der Waals surface area (Å²) in [7, 11) is 3.24. The molecule has 0 radical (unpaired) electrons. The Hall–Kier alpha value is -2.54. The first-order valence-electron chi connectivity index (χ1n) is 8.81. The molecule has 0 bridgehead atoms. The summed E-state index contributed by atoms with van der Waals surface area (Å²) < 4.78 is 4.86. The molecule has 0 saturated carbocycles. The zero-order valence-corrected chi connectivity index (χ0v) is 18.2. The number of rotatable bonds is 8. The normalized spacial score (nSPS) is 20.8. The minimum atomic E-state index is -1.31. The number of β-lactam (4-membered cyclic amide) rings is 1. The Morgan fingerprint density at radius 2 is 2.07 bits per heavy atom. The third-order valence-electron chi connectivity index (χ3n) is 4.16. The molecule has 2 heterocycles. The van der Waals surface area contributed by atoms with Crippen LogP contribution in [0.2, 0.25) is 0 Å². The quantitative estimate of drug-likeness (QED) is 0.138. The molecule has 3 N–H and O–H groups in total. The number of nitrogens with one attached hydrogen (secondary N) is 2. The van der Waals surface area contributed by atoms with E-state index in [1.54, 1.807) is 14.1 Å². The van der Waals surface area contributed by atoms with Gasteiger partial charge in [0.25, 0.3) is 5.91 Å². The summed E-state index contributed by atoms with van der Waals surface area (Å²) in [4.78, 5) is 64.3. The maximum atomic E-state index is 12.5. The fraction of sp³-hybridized carbons (Fsp3) is 0.529. The highest BCUT2D eigenvalue weighted by atomic mass is 32.2. The molecule has 164 valence electrons. The predicted molar refractivity (Wildman–Crippen MR) is 111 cm³/mol. The van der Waals surface area contributed by atoms with E-state index in [2.05, 4.69) is 15.6 Å². The number of thioether (sulfide) groups is 2. The number of esters is 1. The number of amides is 2. The number of ether oxygens (including phenoxy) is 1. The van der Waals surface area contributed by atoms with Crippen molar-refractivity contribution in [2.24, 2.45) is 4.99 Å². The van der Waals surface area contributed by atoms with Gasteiger partial charge in [0, 0.05) is 32.3 Å². The van der Waals surface area contributed by atoms with E-state index in [4.69, 9.17) is 4.74 Å². The molecular weight excluding hydrogens is 436 g/mol. The van der Waals surface area contributed by atoms with Gasteiger partial charge in [-0.2, -0.15) is 0 Å². The zero-order valence-electron chi connectivity index (χ0n) is 16.6. The molecule has 1 unspecified atom stereocenters. The largest absolute Gasteiger partial charge is 0.477 e. The van der Waals surface area contributed by atoms with E-state index in [1.807, 2.05) is 0 Å². The number of carboxylic acid groups (broad SMARTS) is 1. The zero-order chi connectivity index (χ0) is 22.4. The van der Waals surface area contributed by atoms with E-state index in [-0.39, 0.29) is 29.6 Å². The van der Waals surface area contributed by atoms with Crippen LogP contribution in [0.15, 0.2) is 16.3 Å². The monoisotopic (exact) mass is 458 g/mol. The molecule has 13 heteroatoms. The average molecular weight is 459 g/mol. The van der Waals surface area contributed by atoms with E-state index in [9.17, 15) is 29.1 Å². The maximum Gasteiger partial charge on any atom is 0.352 e. The second-order valence-electron chi connectivity index (χ2n) is 6.28. The highest BCUT2D eigenvalue weighted by molar-refractivity contribution is 8.14. The van der Waals surface area contributed by atoms with E-state index in [0.29, 0.717) is 10.7 Å². The fourth-order valence-electron chi connectivity index (χ4n) is 2.84. The SMILES string of the molecule is CN=C(NC)SCC(=O)CC(=O)NC1C(=O)N2C(C(=O)O)=C(COC(C)=O)CS[C@@H]12. The van der Waals surface area contributed by atoms with Crippen LogP contribution in [0.1, 0.15) is 13.3 Å². The lowest BCUT2D eigenvalue weighted by Gasteiger charge is -2.49. The molecule has 2 amide bonds. The molecule has 2 rings (SSSR count). The number of carboxylic acids is 1. The predicted octanol–water partition coefficient (Wildman–Crippen LogP) is -0.814. The average Bonchev–Trinajstić information content (AvgIpc) is 2.70. The summed E-state index contributed by atoms with van der Waals surface area (Å²) in [6, 6.07) is -0.919. The molecule has 0 aromatic heterocycles. The number of nitrogens with zero attached hydrogens (tertiary/aromatic N) is 2. The first-order valence-corrected chi connectivity index (χ1v) is 10.8. The van der Waals surface area contributed by atoms with E-state index >= 15 is 0 Å². The smallest absolute Gasteiger partial charge is 0.352 e. The summed E-state index contributed by atoms with van der Waals surface area (Å²) >= 11 is 2.41. The molecule has 1 saturated heterocycles. The van der Waals surface area contributed by atoms with E-state index in [0.717, 1.165) is 16.7 Å². The van der Waals surface area contributed by atoms with Crippen molar-refractivity contribution in [2.75, 3.05) is 32.2 Å². The number of aliphatic carboxylic acids is 1. The molecule has 1 fully saturated rings. The lowest BCUT2D eigenvalue weighted by molar-refractivity contribution is -0.151. The Labute approximate surface area is 181 Å². The van der Waals surface area contributed by atoms with E-state index < -0.39 is 41.6 Å². The number of aliphatic imine (C=N–C) groups is 1. The van der Waals surface area contributed by atoms with Crippen molar-refractivity contribution in [1.29, 1.82) is 0 Å². The topological polar surface area (TPSA) is 154 Å². The molecule has 0 aromatic carbocycles. The number of Topliss-reactive ketones (excluding diaryl/α,β-unsaturated/α-hetero) is 1.